The SMILES string of the molecule is CCNC(Cc1cccs1)Cc1cc(C)nn1C. The molecular weight excluding hydrogens is 242 g/mol. The van der Waals surface area contributed by atoms with Crippen LogP contribution in [0.1, 0.15) is 23.2 Å². The van der Waals surface area contributed by atoms with Crippen LogP contribution < -0.4 is 5.32 Å². The van der Waals surface area contributed by atoms with Gasteiger partial charge in [0.05, 0.1) is 5.69 Å². The summed E-state index contributed by atoms with van der Waals surface area (Å²) in [6.45, 7) is 5.22. The van der Waals surface area contributed by atoms with Crippen LogP contribution in [0.3, 0.4) is 0 Å². The predicted octanol–water partition coefficient (Wildman–Crippen LogP) is 2.55. The van der Waals surface area contributed by atoms with Gasteiger partial charge in [0.2, 0.25) is 0 Å². The minimum Gasteiger partial charge on any atom is -0.314 e. The van der Waals surface area contributed by atoms with E-state index in [1.165, 1.54) is 10.6 Å². The lowest BCUT2D eigenvalue weighted by Gasteiger charge is -2.17. The van der Waals surface area contributed by atoms with Crippen molar-refractivity contribution in [1.82, 2.24) is 15.1 Å². The van der Waals surface area contributed by atoms with E-state index in [4.69, 9.17) is 0 Å². The van der Waals surface area contributed by atoms with Gasteiger partial charge in [0, 0.05) is 30.1 Å². The summed E-state index contributed by atoms with van der Waals surface area (Å²) >= 11 is 1.83. The number of hydrogen-bond acceptors (Lipinski definition) is 3. The number of thiophene rings is 1. The largest absolute Gasteiger partial charge is 0.314 e. The van der Waals surface area contributed by atoms with Gasteiger partial charge < -0.3 is 5.32 Å². The molecule has 2 heterocycles. The van der Waals surface area contributed by atoms with Crippen molar-refractivity contribution in [3.05, 3.63) is 39.8 Å². The lowest BCUT2D eigenvalue weighted by atomic mass is 10.1. The van der Waals surface area contributed by atoms with Crippen LogP contribution in [0.2, 0.25) is 0 Å². The van der Waals surface area contributed by atoms with Crippen LogP contribution in [0.4, 0.5) is 0 Å². The average molecular weight is 263 g/mol. The fourth-order valence-corrected chi connectivity index (χ4v) is 3.07. The third-order valence-electron chi connectivity index (χ3n) is 3.07. The maximum absolute atomic E-state index is 4.41. The monoisotopic (exact) mass is 263 g/mol. The van der Waals surface area contributed by atoms with E-state index in [9.17, 15) is 0 Å². The van der Waals surface area contributed by atoms with E-state index >= 15 is 0 Å². The van der Waals surface area contributed by atoms with Gasteiger partial charge in [-0.1, -0.05) is 13.0 Å². The van der Waals surface area contributed by atoms with E-state index in [1.54, 1.807) is 0 Å². The molecular formula is C14H21N3S. The number of hydrogen-bond donors (Lipinski definition) is 1. The van der Waals surface area contributed by atoms with Crippen LogP contribution in [0, 0.1) is 6.92 Å². The third-order valence-corrected chi connectivity index (χ3v) is 3.97. The molecule has 0 amide bonds. The van der Waals surface area contributed by atoms with Crippen molar-refractivity contribution in [3.63, 3.8) is 0 Å². The number of nitrogens with one attached hydrogen (secondary N) is 1. The number of aromatic nitrogens is 2. The fourth-order valence-electron chi connectivity index (χ4n) is 2.28. The summed E-state index contributed by atoms with van der Waals surface area (Å²) in [5.74, 6) is 0. The molecule has 0 aliphatic rings. The van der Waals surface area contributed by atoms with Gasteiger partial charge in [-0.25, -0.2) is 0 Å². The predicted molar refractivity (Wildman–Crippen MR) is 77.1 cm³/mol. The van der Waals surface area contributed by atoms with E-state index in [0.29, 0.717) is 6.04 Å². The van der Waals surface area contributed by atoms with Gasteiger partial charge in [-0.3, -0.25) is 4.68 Å². The standard InChI is InChI=1S/C14H21N3S/c1-4-15-12(10-14-6-5-7-18-14)9-13-8-11(2)16-17(13)3/h5-8,12,15H,4,9-10H2,1-3H3. The fraction of sp³-hybridized carbons (Fsp3) is 0.500. The lowest BCUT2D eigenvalue weighted by molar-refractivity contribution is 0.507. The Hall–Kier alpha value is -1.13. The lowest BCUT2D eigenvalue weighted by Crippen LogP contribution is -2.33. The molecule has 0 bridgehead atoms. The molecule has 0 aliphatic heterocycles. The Morgan fingerprint density at radius 2 is 2.28 bits per heavy atom. The number of nitrogens with zero attached hydrogens (tertiary/aromatic N) is 2. The first-order valence-electron chi connectivity index (χ1n) is 6.44. The third kappa shape index (κ3) is 3.43. The van der Waals surface area contributed by atoms with Gasteiger partial charge >= 0.3 is 0 Å². The molecule has 0 spiro atoms. The first-order valence-corrected chi connectivity index (χ1v) is 7.32. The molecule has 4 heteroatoms. The number of aryl methyl sites for hydroxylation is 2. The maximum Gasteiger partial charge on any atom is 0.0596 e. The summed E-state index contributed by atoms with van der Waals surface area (Å²) in [5, 5.41) is 10.1. The molecule has 2 aromatic rings. The topological polar surface area (TPSA) is 29.9 Å². The average Bonchev–Trinajstić information content (AvgIpc) is 2.90. The van der Waals surface area contributed by atoms with Crippen molar-refractivity contribution in [2.45, 2.75) is 32.7 Å². The second-order valence-corrected chi connectivity index (χ2v) is 5.68. The molecule has 2 rings (SSSR count). The van der Waals surface area contributed by atoms with E-state index in [1.807, 2.05) is 30.0 Å². The summed E-state index contributed by atoms with van der Waals surface area (Å²) in [5.41, 5.74) is 2.40. The van der Waals surface area contributed by atoms with E-state index in [0.717, 1.165) is 25.1 Å². The molecule has 0 radical (unpaired) electrons. The first kappa shape index (κ1) is 13.3. The van der Waals surface area contributed by atoms with Crippen molar-refractivity contribution in [2.75, 3.05) is 6.54 Å². The Kier molecular flexibility index (Phi) is 4.55. The van der Waals surface area contributed by atoms with Crippen molar-refractivity contribution >= 4 is 11.3 Å². The van der Waals surface area contributed by atoms with Crippen LogP contribution in [0.15, 0.2) is 23.6 Å². The van der Waals surface area contributed by atoms with Crippen molar-refractivity contribution in [2.24, 2.45) is 7.05 Å². The minimum atomic E-state index is 0.489. The second-order valence-electron chi connectivity index (χ2n) is 4.64. The Bertz CT molecular complexity index is 473. The zero-order valence-electron chi connectivity index (χ0n) is 11.3. The zero-order chi connectivity index (χ0) is 13.0. The van der Waals surface area contributed by atoms with Crippen LogP contribution in [0.5, 0.6) is 0 Å². The molecule has 0 saturated heterocycles. The van der Waals surface area contributed by atoms with Gasteiger partial charge in [-0.05, 0) is 37.4 Å². The molecule has 98 valence electrons. The van der Waals surface area contributed by atoms with Crippen LogP contribution in [-0.2, 0) is 19.9 Å². The molecule has 0 saturated carbocycles. The number of rotatable bonds is 6. The quantitative estimate of drug-likeness (QED) is 0.868. The highest BCUT2D eigenvalue weighted by molar-refractivity contribution is 7.09. The van der Waals surface area contributed by atoms with E-state index in [-0.39, 0.29) is 0 Å². The van der Waals surface area contributed by atoms with Crippen LogP contribution in [0.25, 0.3) is 0 Å². The highest BCUT2D eigenvalue weighted by Crippen LogP contribution is 2.14. The van der Waals surface area contributed by atoms with Crippen molar-refractivity contribution in [1.29, 1.82) is 0 Å². The summed E-state index contributed by atoms with van der Waals surface area (Å²) < 4.78 is 1.99. The van der Waals surface area contributed by atoms with Crippen molar-refractivity contribution < 1.29 is 0 Å². The van der Waals surface area contributed by atoms with Crippen LogP contribution in [-0.4, -0.2) is 22.4 Å². The highest BCUT2D eigenvalue weighted by Gasteiger charge is 2.13. The molecule has 1 N–H and O–H groups in total. The van der Waals surface area contributed by atoms with Gasteiger partial charge in [-0.15, -0.1) is 11.3 Å². The summed E-state index contributed by atoms with van der Waals surface area (Å²) in [4.78, 5) is 1.44. The molecule has 3 nitrogen and oxygen atoms in total. The Labute approximate surface area is 113 Å². The van der Waals surface area contributed by atoms with Gasteiger partial charge in [0.1, 0.15) is 0 Å². The van der Waals surface area contributed by atoms with Gasteiger partial charge in [-0.2, -0.15) is 5.10 Å². The maximum atomic E-state index is 4.41. The summed E-state index contributed by atoms with van der Waals surface area (Å²) in [7, 11) is 2.02. The molecule has 2 aromatic heterocycles. The van der Waals surface area contributed by atoms with Crippen molar-refractivity contribution in [3.8, 4) is 0 Å². The van der Waals surface area contributed by atoms with Gasteiger partial charge in [0.25, 0.3) is 0 Å². The summed E-state index contributed by atoms with van der Waals surface area (Å²) in [6, 6.07) is 7.00. The zero-order valence-corrected chi connectivity index (χ0v) is 12.1. The second kappa shape index (κ2) is 6.16. The molecule has 0 aromatic carbocycles. The minimum absolute atomic E-state index is 0.489. The molecule has 1 unspecified atom stereocenters. The smallest absolute Gasteiger partial charge is 0.0596 e. The van der Waals surface area contributed by atoms with E-state index < -0.39 is 0 Å². The molecule has 0 aliphatic carbocycles. The Balaban J connectivity index is 2.04. The molecule has 0 fully saturated rings. The molecule has 18 heavy (non-hydrogen) atoms. The normalized spacial score (nSPS) is 12.8. The Morgan fingerprint density at radius 1 is 1.44 bits per heavy atom. The highest BCUT2D eigenvalue weighted by atomic mass is 32.1. The van der Waals surface area contributed by atoms with Crippen LogP contribution >= 0.6 is 11.3 Å². The number of likely N-dealkylation sites (N-methyl/N-ethyl adjacent to an activating group) is 1. The van der Waals surface area contributed by atoms with E-state index in [2.05, 4.69) is 40.9 Å². The first-order chi connectivity index (χ1) is 8.69. The van der Waals surface area contributed by atoms with Gasteiger partial charge in [0.15, 0.2) is 0 Å². The molecule has 1 atom stereocenters. The summed E-state index contributed by atoms with van der Waals surface area (Å²) in [6.07, 6.45) is 2.12. The Morgan fingerprint density at radius 3 is 2.83 bits per heavy atom.